The Morgan fingerprint density at radius 2 is 2.22 bits per heavy atom. The summed E-state index contributed by atoms with van der Waals surface area (Å²) in [6.45, 7) is 4.74. The number of carbonyl (C=O) groups excluding carboxylic acids is 1. The van der Waals surface area contributed by atoms with Gasteiger partial charge in [-0.05, 0) is 37.8 Å². The molecule has 0 fully saturated rings. The van der Waals surface area contributed by atoms with E-state index in [4.69, 9.17) is 11.6 Å². The van der Waals surface area contributed by atoms with Crippen LogP contribution in [0.5, 0.6) is 0 Å². The van der Waals surface area contributed by atoms with Crippen LogP contribution in [0, 0.1) is 12.8 Å². The highest BCUT2D eigenvalue weighted by Crippen LogP contribution is 2.11. The first-order valence-electron chi connectivity index (χ1n) is 6.44. The van der Waals surface area contributed by atoms with Gasteiger partial charge in [0.2, 0.25) is 0 Å². The molecule has 3 nitrogen and oxygen atoms in total. The van der Waals surface area contributed by atoms with Crippen LogP contribution in [0.1, 0.15) is 42.2 Å². The van der Waals surface area contributed by atoms with Gasteiger partial charge in [-0.15, -0.1) is 11.6 Å². The molecule has 4 heteroatoms. The number of carbonyl (C=O) groups is 1. The molecule has 0 aliphatic carbocycles. The number of rotatable bonds is 7. The predicted molar refractivity (Wildman–Crippen MR) is 75.0 cm³/mol. The van der Waals surface area contributed by atoms with Crippen LogP contribution in [0.3, 0.4) is 0 Å². The SMILES string of the molecule is CCCC(CCCl)CNC(=O)c1ccc(C)nc1. The normalized spacial score (nSPS) is 12.2. The number of alkyl halides is 1. The summed E-state index contributed by atoms with van der Waals surface area (Å²) in [7, 11) is 0. The second kappa shape index (κ2) is 8.09. The summed E-state index contributed by atoms with van der Waals surface area (Å²) in [6, 6.07) is 3.64. The Kier molecular flexibility index (Phi) is 6.73. The summed E-state index contributed by atoms with van der Waals surface area (Å²) < 4.78 is 0. The number of pyridine rings is 1. The fourth-order valence-corrected chi connectivity index (χ4v) is 2.16. The number of hydrogen-bond acceptors (Lipinski definition) is 2. The molecule has 1 rings (SSSR count). The van der Waals surface area contributed by atoms with E-state index in [0.717, 1.165) is 25.0 Å². The maximum atomic E-state index is 11.9. The zero-order valence-corrected chi connectivity index (χ0v) is 11.8. The first-order chi connectivity index (χ1) is 8.67. The summed E-state index contributed by atoms with van der Waals surface area (Å²) in [4.78, 5) is 16.0. The number of nitrogens with zero attached hydrogens (tertiary/aromatic N) is 1. The summed E-state index contributed by atoms with van der Waals surface area (Å²) in [5, 5.41) is 2.95. The Morgan fingerprint density at radius 1 is 1.44 bits per heavy atom. The van der Waals surface area contributed by atoms with Crippen LogP contribution in [0.4, 0.5) is 0 Å². The van der Waals surface area contributed by atoms with Gasteiger partial charge >= 0.3 is 0 Å². The number of halogens is 1. The molecular formula is C14H21ClN2O. The van der Waals surface area contributed by atoms with E-state index >= 15 is 0 Å². The smallest absolute Gasteiger partial charge is 0.252 e. The number of nitrogens with one attached hydrogen (secondary N) is 1. The quantitative estimate of drug-likeness (QED) is 0.772. The molecule has 100 valence electrons. The van der Waals surface area contributed by atoms with Crippen molar-refractivity contribution in [2.24, 2.45) is 5.92 Å². The molecule has 1 amide bonds. The van der Waals surface area contributed by atoms with E-state index in [1.165, 1.54) is 0 Å². The average molecular weight is 269 g/mol. The Balaban J connectivity index is 2.46. The van der Waals surface area contributed by atoms with E-state index in [1.807, 2.05) is 13.0 Å². The largest absolute Gasteiger partial charge is 0.352 e. The van der Waals surface area contributed by atoms with Crippen molar-refractivity contribution in [2.45, 2.75) is 33.1 Å². The lowest BCUT2D eigenvalue weighted by atomic mass is 10.0. The topological polar surface area (TPSA) is 42.0 Å². The molecule has 0 bridgehead atoms. The van der Waals surface area contributed by atoms with Gasteiger partial charge < -0.3 is 5.32 Å². The zero-order valence-electron chi connectivity index (χ0n) is 11.1. The second-order valence-electron chi connectivity index (χ2n) is 4.53. The Hall–Kier alpha value is -1.09. The van der Waals surface area contributed by atoms with Gasteiger partial charge in [0.05, 0.1) is 5.56 Å². The molecule has 1 atom stereocenters. The van der Waals surface area contributed by atoms with Gasteiger partial charge in [-0.25, -0.2) is 0 Å². The lowest BCUT2D eigenvalue weighted by Gasteiger charge is -2.15. The van der Waals surface area contributed by atoms with Gasteiger partial charge in [-0.1, -0.05) is 13.3 Å². The van der Waals surface area contributed by atoms with Gasteiger partial charge in [0.1, 0.15) is 0 Å². The van der Waals surface area contributed by atoms with Gasteiger partial charge in [0, 0.05) is 24.3 Å². The third kappa shape index (κ3) is 5.05. The van der Waals surface area contributed by atoms with Crippen LogP contribution in [0.15, 0.2) is 18.3 Å². The third-order valence-corrected chi connectivity index (χ3v) is 3.16. The average Bonchev–Trinajstić information content (AvgIpc) is 2.37. The van der Waals surface area contributed by atoms with Crippen molar-refractivity contribution >= 4 is 17.5 Å². The molecule has 0 aliphatic heterocycles. The standard InChI is InChI=1S/C14H21ClN2O/c1-3-4-12(7-8-15)9-17-14(18)13-6-5-11(2)16-10-13/h5-6,10,12H,3-4,7-9H2,1-2H3,(H,17,18). The summed E-state index contributed by atoms with van der Waals surface area (Å²) in [5.74, 6) is 1.06. The van der Waals surface area contributed by atoms with Crippen molar-refractivity contribution in [3.63, 3.8) is 0 Å². The minimum atomic E-state index is -0.0572. The Bertz CT molecular complexity index is 359. The monoisotopic (exact) mass is 268 g/mol. The Labute approximate surface area is 114 Å². The predicted octanol–water partition coefficient (Wildman–Crippen LogP) is 3.17. The van der Waals surface area contributed by atoms with Crippen LogP contribution in [0.2, 0.25) is 0 Å². The molecule has 1 heterocycles. The van der Waals surface area contributed by atoms with E-state index in [1.54, 1.807) is 12.3 Å². The van der Waals surface area contributed by atoms with Gasteiger partial charge in [-0.3, -0.25) is 9.78 Å². The van der Waals surface area contributed by atoms with Crippen LogP contribution in [-0.2, 0) is 0 Å². The van der Waals surface area contributed by atoms with Crippen LogP contribution in [-0.4, -0.2) is 23.3 Å². The van der Waals surface area contributed by atoms with Crippen molar-refractivity contribution in [1.82, 2.24) is 10.3 Å². The van der Waals surface area contributed by atoms with Crippen molar-refractivity contribution in [1.29, 1.82) is 0 Å². The molecule has 0 aliphatic rings. The molecular weight excluding hydrogens is 248 g/mol. The highest BCUT2D eigenvalue weighted by Gasteiger charge is 2.10. The molecule has 0 saturated heterocycles. The minimum absolute atomic E-state index is 0.0572. The van der Waals surface area contributed by atoms with Crippen molar-refractivity contribution in [2.75, 3.05) is 12.4 Å². The summed E-state index contributed by atoms with van der Waals surface area (Å²) >= 11 is 5.76. The number of aryl methyl sites for hydroxylation is 1. The van der Waals surface area contributed by atoms with Gasteiger partial charge in [0.15, 0.2) is 0 Å². The van der Waals surface area contributed by atoms with E-state index in [9.17, 15) is 4.79 Å². The number of aromatic nitrogens is 1. The summed E-state index contributed by atoms with van der Waals surface area (Å²) in [6.07, 6.45) is 4.77. The summed E-state index contributed by atoms with van der Waals surface area (Å²) in [5.41, 5.74) is 1.53. The molecule has 18 heavy (non-hydrogen) atoms. The van der Waals surface area contributed by atoms with E-state index in [-0.39, 0.29) is 5.91 Å². The van der Waals surface area contributed by atoms with Gasteiger partial charge in [-0.2, -0.15) is 0 Å². The zero-order chi connectivity index (χ0) is 13.4. The van der Waals surface area contributed by atoms with Crippen molar-refractivity contribution in [3.05, 3.63) is 29.6 Å². The second-order valence-corrected chi connectivity index (χ2v) is 4.91. The molecule has 1 aromatic rings. The molecule has 0 aromatic carbocycles. The lowest BCUT2D eigenvalue weighted by Crippen LogP contribution is -2.29. The molecule has 1 aromatic heterocycles. The first-order valence-corrected chi connectivity index (χ1v) is 6.97. The number of hydrogen-bond donors (Lipinski definition) is 1. The first kappa shape index (κ1) is 15.0. The van der Waals surface area contributed by atoms with Gasteiger partial charge in [0.25, 0.3) is 5.91 Å². The minimum Gasteiger partial charge on any atom is -0.352 e. The molecule has 0 radical (unpaired) electrons. The van der Waals surface area contributed by atoms with E-state index < -0.39 is 0 Å². The van der Waals surface area contributed by atoms with Crippen LogP contribution < -0.4 is 5.32 Å². The fourth-order valence-electron chi connectivity index (χ4n) is 1.85. The Morgan fingerprint density at radius 3 is 2.78 bits per heavy atom. The maximum absolute atomic E-state index is 11.9. The fraction of sp³-hybridized carbons (Fsp3) is 0.571. The maximum Gasteiger partial charge on any atom is 0.252 e. The lowest BCUT2D eigenvalue weighted by molar-refractivity contribution is 0.0945. The van der Waals surface area contributed by atoms with E-state index in [0.29, 0.717) is 23.9 Å². The molecule has 0 saturated carbocycles. The third-order valence-electron chi connectivity index (χ3n) is 2.94. The molecule has 1 N–H and O–H groups in total. The van der Waals surface area contributed by atoms with Crippen molar-refractivity contribution < 1.29 is 4.79 Å². The van der Waals surface area contributed by atoms with Crippen LogP contribution in [0.25, 0.3) is 0 Å². The molecule has 1 unspecified atom stereocenters. The van der Waals surface area contributed by atoms with Crippen molar-refractivity contribution in [3.8, 4) is 0 Å². The molecule has 0 spiro atoms. The van der Waals surface area contributed by atoms with E-state index in [2.05, 4.69) is 17.2 Å². The van der Waals surface area contributed by atoms with Crippen LogP contribution >= 0.6 is 11.6 Å². The number of amides is 1. The highest BCUT2D eigenvalue weighted by molar-refractivity contribution is 6.17. The highest BCUT2D eigenvalue weighted by atomic mass is 35.5.